The average molecular weight is 306 g/mol. The molecule has 0 unspecified atom stereocenters. The molecule has 24 heavy (non-hydrogen) atoms. The van der Waals surface area contributed by atoms with Gasteiger partial charge in [0, 0.05) is 5.57 Å². The molecular formula is C22H14N2. The van der Waals surface area contributed by atoms with Crippen molar-refractivity contribution in [2.75, 3.05) is 0 Å². The summed E-state index contributed by atoms with van der Waals surface area (Å²) in [7, 11) is 0. The van der Waals surface area contributed by atoms with Gasteiger partial charge in [-0.1, -0.05) is 78.9 Å². The Bertz CT molecular complexity index is 908. The van der Waals surface area contributed by atoms with Gasteiger partial charge >= 0.3 is 0 Å². The van der Waals surface area contributed by atoms with E-state index in [1.54, 1.807) is 0 Å². The Morgan fingerprint density at radius 1 is 0.708 bits per heavy atom. The minimum Gasteiger partial charge on any atom is -0.192 e. The van der Waals surface area contributed by atoms with Crippen LogP contribution in [0.3, 0.4) is 0 Å². The monoisotopic (exact) mass is 306 g/mol. The topological polar surface area (TPSA) is 47.6 Å². The van der Waals surface area contributed by atoms with Crippen LogP contribution in [0.4, 0.5) is 0 Å². The van der Waals surface area contributed by atoms with Gasteiger partial charge in [0.25, 0.3) is 0 Å². The van der Waals surface area contributed by atoms with Gasteiger partial charge in [-0.3, -0.25) is 0 Å². The molecule has 2 aromatic rings. The summed E-state index contributed by atoms with van der Waals surface area (Å²) in [5.41, 5.74) is 4.82. The first-order chi connectivity index (χ1) is 11.8. The highest BCUT2D eigenvalue weighted by Crippen LogP contribution is 2.25. The Morgan fingerprint density at radius 2 is 1.25 bits per heavy atom. The van der Waals surface area contributed by atoms with Crippen molar-refractivity contribution in [3.63, 3.8) is 0 Å². The second-order valence-electron chi connectivity index (χ2n) is 5.32. The number of benzene rings is 2. The standard InChI is InChI=1S/C22H14N2/c23-15-21(16-24)22(20-8-2-1-3-9-20)14-17-10-12-18-6-4-5-7-19(18)13-11-17/h1-14H. The van der Waals surface area contributed by atoms with Crippen molar-refractivity contribution in [3.8, 4) is 12.1 Å². The van der Waals surface area contributed by atoms with Crippen LogP contribution in [0.5, 0.6) is 0 Å². The molecule has 1 aliphatic rings. The molecule has 0 bridgehead atoms. The Kier molecular flexibility index (Phi) is 4.52. The maximum absolute atomic E-state index is 9.29. The summed E-state index contributed by atoms with van der Waals surface area (Å²) in [5, 5.41) is 18.6. The summed E-state index contributed by atoms with van der Waals surface area (Å²) < 4.78 is 0. The van der Waals surface area contributed by atoms with Crippen molar-refractivity contribution in [2.24, 2.45) is 0 Å². The highest BCUT2D eigenvalue weighted by atomic mass is 14.3. The van der Waals surface area contributed by atoms with E-state index in [4.69, 9.17) is 0 Å². The van der Waals surface area contributed by atoms with Crippen LogP contribution >= 0.6 is 0 Å². The highest BCUT2D eigenvalue weighted by Gasteiger charge is 2.08. The predicted octanol–water partition coefficient (Wildman–Crippen LogP) is 5.15. The molecule has 112 valence electrons. The number of fused-ring (bicyclic) bond motifs is 1. The summed E-state index contributed by atoms with van der Waals surface area (Å²) in [5.74, 6) is 0. The fraction of sp³-hybridized carbons (Fsp3) is 0. The molecule has 0 aromatic heterocycles. The minimum absolute atomic E-state index is 0.109. The van der Waals surface area contributed by atoms with Crippen molar-refractivity contribution in [1.82, 2.24) is 0 Å². The van der Waals surface area contributed by atoms with Gasteiger partial charge in [-0.15, -0.1) is 0 Å². The zero-order valence-corrected chi connectivity index (χ0v) is 13.0. The van der Waals surface area contributed by atoms with Crippen molar-refractivity contribution >= 4 is 17.7 Å². The molecule has 0 spiro atoms. The molecule has 0 N–H and O–H groups in total. The number of rotatable bonds is 2. The zero-order chi connectivity index (χ0) is 16.8. The molecule has 2 aromatic carbocycles. The van der Waals surface area contributed by atoms with Crippen LogP contribution in [0.25, 0.3) is 17.7 Å². The largest absolute Gasteiger partial charge is 0.192 e. The molecule has 0 saturated carbocycles. The molecular weight excluding hydrogens is 292 g/mol. The lowest BCUT2D eigenvalue weighted by Gasteiger charge is -2.04. The Hall–Kier alpha value is -3.62. The summed E-state index contributed by atoms with van der Waals surface area (Å²) in [4.78, 5) is 0. The molecule has 0 radical (unpaired) electrons. The second kappa shape index (κ2) is 7.09. The molecule has 0 heterocycles. The van der Waals surface area contributed by atoms with E-state index in [0.717, 1.165) is 22.3 Å². The molecule has 0 atom stereocenters. The molecule has 2 nitrogen and oxygen atoms in total. The maximum atomic E-state index is 9.29. The van der Waals surface area contributed by atoms with E-state index in [0.29, 0.717) is 5.57 Å². The van der Waals surface area contributed by atoms with Crippen LogP contribution < -0.4 is 0 Å². The van der Waals surface area contributed by atoms with E-state index < -0.39 is 0 Å². The molecule has 0 aliphatic heterocycles. The van der Waals surface area contributed by atoms with E-state index >= 15 is 0 Å². The first-order valence-electron chi connectivity index (χ1n) is 7.58. The molecule has 3 rings (SSSR count). The highest BCUT2D eigenvalue weighted by molar-refractivity contribution is 5.84. The summed E-state index contributed by atoms with van der Waals surface area (Å²) in [6, 6.07) is 21.6. The summed E-state index contributed by atoms with van der Waals surface area (Å²) in [6.07, 6.45) is 9.97. The second-order valence-corrected chi connectivity index (χ2v) is 5.32. The van der Waals surface area contributed by atoms with Crippen LogP contribution in [-0.4, -0.2) is 0 Å². The maximum Gasteiger partial charge on any atom is 0.137 e. The van der Waals surface area contributed by atoms with Crippen molar-refractivity contribution in [1.29, 1.82) is 10.5 Å². The lowest BCUT2D eigenvalue weighted by atomic mass is 9.98. The summed E-state index contributed by atoms with van der Waals surface area (Å²) in [6.45, 7) is 0. The third-order valence-electron chi connectivity index (χ3n) is 3.80. The van der Waals surface area contributed by atoms with E-state index in [1.807, 2.05) is 85.0 Å². The third-order valence-corrected chi connectivity index (χ3v) is 3.80. The van der Waals surface area contributed by atoms with Crippen molar-refractivity contribution < 1.29 is 0 Å². The van der Waals surface area contributed by atoms with Crippen LogP contribution in [0.1, 0.15) is 16.7 Å². The van der Waals surface area contributed by atoms with Gasteiger partial charge in [-0.2, -0.15) is 10.5 Å². The van der Waals surface area contributed by atoms with E-state index in [2.05, 4.69) is 12.1 Å². The van der Waals surface area contributed by atoms with Crippen LogP contribution in [0.15, 0.2) is 84.0 Å². The van der Waals surface area contributed by atoms with Gasteiger partial charge in [-0.05, 0) is 28.3 Å². The number of nitrogens with zero attached hydrogens (tertiary/aromatic N) is 2. The molecule has 2 heteroatoms. The van der Waals surface area contributed by atoms with E-state index in [-0.39, 0.29) is 5.57 Å². The van der Waals surface area contributed by atoms with Crippen LogP contribution in [-0.2, 0) is 0 Å². The Labute approximate surface area is 141 Å². The number of nitriles is 2. The van der Waals surface area contributed by atoms with Gasteiger partial charge in [0.05, 0.1) is 0 Å². The zero-order valence-electron chi connectivity index (χ0n) is 13.0. The summed E-state index contributed by atoms with van der Waals surface area (Å²) >= 11 is 0. The quantitative estimate of drug-likeness (QED) is 0.720. The predicted molar refractivity (Wildman–Crippen MR) is 97.2 cm³/mol. The fourth-order valence-electron chi connectivity index (χ4n) is 2.57. The smallest absolute Gasteiger partial charge is 0.137 e. The first-order valence-corrected chi connectivity index (χ1v) is 7.58. The van der Waals surface area contributed by atoms with Crippen molar-refractivity contribution in [2.45, 2.75) is 0 Å². The van der Waals surface area contributed by atoms with Gasteiger partial charge in [0.1, 0.15) is 17.7 Å². The van der Waals surface area contributed by atoms with Crippen molar-refractivity contribution in [3.05, 3.63) is 101 Å². The van der Waals surface area contributed by atoms with Crippen LogP contribution in [0.2, 0.25) is 0 Å². The van der Waals surface area contributed by atoms with E-state index in [9.17, 15) is 10.5 Å². The molecule has 0 saturated heterocycles. The lowest BCUT2D eigenvalue weighted by Crippen LogP contribution is -1.87. The van der Waals surface area contributed by atoms with Gasteiger partial charge < -0.3 is 0 Å². The molecule has 0 fully saturated rings. The SMILES string of the molecule is N#CC(C#N)=C(C=C1C=Cc2ccccc2C=C1)c1ccccc1. The Morgan fingerprint density at radius 3 is 1.79 bits per heavy atom. The van der Waals surface area contributed by atoms with Gasteiger partial charge in [0.2, 0.25) is 0 Å². The normalized spacial score (nSPS) is 11.7. The molecule has 0 amide bonds. The fourth-order valence-corrected chi connectivity index (χ4v) is 2.57. The van der Waals surface area contributed by atoms with Gasteiger partial charge in [-0.25, -0.2) is 0 Å². The minimum atomic E-state index is 0.109. The molecule has 1 aliphatic carbocycles. The number of allylic oxidation sites excluding steroid dienone is 6. The lowest BCUT2D eigenvalue weighted by molar-refractivity contribution is 1.46. The first kappa shape index (κ1) is 15.3. The van der Waals surface area contributed by atoms with E-state index in [1.165, 1.54) is 0 Å². The van der Waals surface area contributed by atoms with Gasteiger partial charge in [0.15, 0.2) is 0 Å². The third kappa shape index (κ3) is 3.24. The number of hydrogen-bond donors (Lipinski definition) is 0. The average Bonchev–Trinajstić information content (AvgIpc) is 2.85. The van der Waals surface area contributed by atoms with Crippen LogP contribution in [0, 0.1) is 22.7 Å². The number of hydrogen-bond acceptors (Lipinski definition) is 2. The Balaban J connectivity index is 2.10.